The topological polar surface area (TPSA) is 36.4 Å². The zero-order valence-corrected chi connectivity index (χ0v) is 11.8. The third-order valence-electron chi connectivity index (χ3n) is 3.65. The van der Waals surface area contributed by atoms with Gasteiger partial charge in [-0.1, -0.05) is 18.2 Å². The Hall–Kier alpha value is -2.27. The van der Waals surface area contributed by atoms with Crippen LogP contribution >= 0.6 is 0 Å². The van der Waals surface area contributed by atoms with Crippen LogP contribution < -0.4 is 4.90 Å². The van der Waals surface area contributed by atoms with Crippen molar-refractivity contribution in [3.05, 3.63) is 59.7 Å². The molecule has 4 nitrogen and oxygen atoms in total. The van der Waals surface area contributed by atoms with Gasteiger partial charge in [-0.3, -0.25) is 4.79 Å². The van der Waals surface area contributed by atoms with Gasteiger partial charge >= 0.3 is 0 Å². The van der Waals surface area contributed by atoms with Gasteiger partial charge in [0, 0.05) is 43.1 Å². The average molecular weight is 285 g/mol. The first-order chi connectivity index (χ1) is 10.1. The van der Waals surface area contributed by atoms with Crippen molar-refractivity contribution in [1.29, 1.82) is 0 Å². The fourth-order valence-corrected chi connectivity index (χ4v) is 2.57. The number of halogens is 1. The zero-order chi connectivity index (χ0) is 14.8. The minimum atomic E-state index is -0.638. The molecule has 2 heterocycles. The molecule has 0 fully saturated rings. The summed E-state index contributed by atoms with van der Waals surface area (Å²) in [6.45, 7) is 2.15. The summed E-state index contributed by atoms with van der Waals surface area (Å²) in [6, 6.07) is 10.6. The number of anilines is 1. The molecule has 0 aliphatic carbocycles. The number of hydrogen-bond acceptors (Lipinski definition) is 3. The summed E-state index contributed by atoms with van der Waals surface area (Å²) >= 11 is 0. The molecule has 108 valence electrons. The molecule has 1 amide bonds. The van der Waals surface area contributed by atoms with Crippen molar-refractivity contribution in [2.45, 2.75) is 6.54 Å². The molecule has 0 radical (unpaired) electrons. The predicted molar refractivity (Wildman–Crippen MR) is 78.6 cm³/mol. The first-order valence-corrected chi connectivity index (χ1v) is 6.85. The van der Waals surface area contributed by atoms with Crippen molar-refractivity contribution in [2.75, 3.05) is 25.0 Å². The second-order valence-electron chi connectivity index (χ2n) is 5.19. The molecule has 0 bridgehead atoms. The number of nitrogens with zero attached hydrogens (tertiary/aromatic N) is 3. The number of likely N-dealkylation sites (N-methyl/N-ethyl adjacent to an activating group) is 1. The summed E-state index contributed by atoms with van der Waals surface area (Å²) in [7, 11) is 2.02. The Kier molecular flexibility index (Phi) is 3.66. The fourth-order valence-electron chi connectivity index (χ4n) is 2.57. The van der Waals surface area contributed by atoms with Crippen LogP contribution in [-0.2, 0) is 6.54 Å². The van der Waals surface area contributed by atoms with E-state index >= 15 is 0 Å². The Labute approximate surface area is 122 Å². The Morgan fingerprint density at radius 1 is 1.24 bits per heavy atom. The molecule has 1 aliphatic rings. The van der Waals surface area contributed by atoms with Crippen LogP contribution in [0.5, 0.6) is 0 Å². The SMILES string of the molecule is CN1CCN(C(=O)c2ccnc(F)c2)c2ccccc2C1. The van der Waals surface area contributed by atoms with E-state index in [-0.39, 0.29) is 5.91 Å². The van der Waals surface area contributed by atoms with Gasteiger partial charge < -0.3 is 9.80 Å². The summed E-state index contributed by atoms with van der Waals surface area (Å²) in [4.78, 5) is 20.1. The molecule has 0 spiro atoms. The Bertz CT molecular complexity index is 674. The smallest absolute Gasteiger partial charge is 0.258 e. The average Bonchev–Trinajstić information content (AvgIpc) is 2.65. The van der Waals surface area contributed by atoms with Crippen molar-refractivity contribution >= 4 is 11.6 Å². The molecule has 0 saturated carbocycles. The van der Waals surface area contributed by atoms with E-state index in [0.29, 0.717) is 12.1 Å². The first-order valence-electron chi connectivity index (χ1n) is 6.85. The molecule has 0 atom stereocenters. The lowest BCUT2D eigenvalue weighted by atomic mass is 10.1. The monoisotopic (exact) mass is 285 g/mol. The summed E-state index contributed by atoms with van der Waals surface area (Å²) in [5.74, 6) is -0.833. The van der Waals surface area contributed by atoms with Crippen LogP contribution in [0, 0.1) is 5.95 Å². The Balaban J connectivity index is 2.00. The quantitative estimate of drug-likeness (QED) is 0.754. The molecular formula is C16H16FN3O. The highest BCUT2D eigenvalue weighted by Gasteiger charge is 2.23. The lowest BCUT2D eigenvalue weighted by molar-refractivity contribution is 0.0985. The maximum atomic E-state index is 13.2. The van der Waals surface area contributed by atoms with Gasteiger partial charge in [-0.15, -0.1) is 0 Å². The third-order valence-corrected chi connectivity index (χ3v) is 3.65. The van der Waals surface area contributed by atoms with E-state index in [1.165, 1.54) is 12.3 Å². The van der Waals surface area contributed by atoms with Crippen LogP contribution in [0.25, 0.3) is 0 Å². The summed E-state index contributed by atoms with van der Waals surface area (Å²) in [5.41, 5.74) is 2.31. The standard InChI is InChI=1S/C16H16FN3O/c1-19-8-9-20(14-5-3-2-4-13(14)11-19)16(21)12-6-7-18-15(17)10-12/h2-7,10H,8-9,11H2,1H3. The van der Waals surface area contributed by atoms with Crippen molar-refractivity contribution in [3.63, 3.8) is 0 Å². The van der Waals surface area contributed by atoms with E-state index in [2.05, 4.69) is 9.88 Å². The second kappa shape index (κ2) is 5.61. The van der Waals surface area contributed by atoms with E-state index < -0.39 is 5.95 Å². The molecule has 3 rings (SSSR count). The van der Waals surface area contributed by atoms with Crippen LogP contribution in [0.3, 0.4) is 0 Å². The van der Waals surface area contributed by atoms with Crippen molar-refractivity contribution in [1.82, 2.24) is 9.88 Å². The number of fused-ring (bicyclic) bond motifs is 1. The van der Waals surface area contributed by atoms with Gasteiger partial charge in [0.15, 0.2) is 0 Å². The first kappa shape index (κ1) is 13.7. The third kappa shape index (κ3) is 2.78. The molecular weight excluding hydrogens is 269 g/mol. The van der Waals surface area contributed by atoms with E-state index in [9.17, 15) is 9.18 Å². The fraction of sp³-hybridized carbons (Fsp3) is 0.250. The molecule has 5 heteroatoms. The summed E-state index contributed by atoms with van der Waals surface area (Å²) < 4.78 is 13.2. The van der Waals surface area contributed by atoms with Crippen LogP contribution in [-0.4, -0.2) is 35.9 Å². The number of carbonyl (C=O) groups excluding carboxylic acids is 1. The van der Waals surface area contributed by atoms with Crippen LogP contribution in [0.15, 0.2) is 42.6 Å². The van der Waals surface area contributed by atoms with Crippen LogP contribution in [0.2, 0.25) is 0 Å². The number of rotatable bonds is 1. The van der Waals surface area contributed by atoms with E-state index in [0.717, 1.165) is 24.3 Å². The van der Waals surface area contributed by atoms with Crippen LogP contribution in [0.4, 0.5) is 10.1 Å². The van der Waals surface area contributed by atoms with Gasteiger partial charge in [0.05, 0.1) is 0 Å². The maximum absolute atomic E-state index is 13.2. The van der Waals surface area contributed by atoms with Crippen molar-refractivity contribution in [3.8, 4) is 0 Å². The number of aromatic nitrogens is 1. The van der Waals surface area contributed by atoms with Gasteiger partial charge in [-0.25, -0.2) is 4.98 Å². The summed E-state index contributed by atoms with van der Waals surface area (Å²) in [6.07, 6.45) is 1.32. The lowest BCUT2D eigenvalue weighted by Gasteiger charge is -2.22. The molecule has 0 saturated heterocycles. The number of para-hydroxylation sites is 1. The van der Waals surface area contributed by atoms with Gasteiger partial charge in [-0.05, 0) is 24.7 Å². The zero-order valence-electron chi connectivity index (χ0n) is 11.8. The van der Waals surface area contributed by atoms with Gasteiger partial charge in [0.1, 0.15) is 0 Å². The van der Waals surface area contributed by atoms with E-state index in [4.69, 9.17) is 0 Å². The molecule has 1 aliphatic heterocycles. The highest BCUT2D eigenvalue weighted by Crippen LogP contribution is 2.25. The molecule has 0 unspecified atom stereocenters. The maximum Gasteiger partial charge on any atom is 0.258 e. The molecule has 0 N–H and O–H groups in total. The van der Waals surface area contributed by atoms with Gasteiger partial charge in [-0.2, -0.15) is 4.39 Å². The van der Waals surface area contributed by atoms with Gasteiger partial charge in [0.25, 0.3) is 5.91 Å². The molecule has 21 heavy (non-hydrogen) atoms. The second-order valence-corrected chi connectivity index (χ2v) is 5.19. The number of carbonyl (C=O) groups is 1. The highest BCUT2D eigenvalue weighted by molar-refractivity contribution is 6.06. The highest BCUT2D eigenvalue weighted by atomic mass is 19.1. The minimum absolute atomic E-state index is 0.195. The minimum Gasteiger partial charge on any atom is -0.307 e. The number of amides is 1. The molecule has 2 aromatic rings. The number of hydrogen-bond donors (Lipinski definition) is 0. The molecule has 1 aromatic heterocycles. The van der Waals surface area contributed by atoms with Crippen molar-refractivity contribution in [2.24, 2.45) is 0 Å². The summed E-state index contributed by atoms with van der Waals surface area (Å²) in [5, 5.41) is 0. The number of pyridine rings is 1. The van der Waals surface area contributed by atoms with Crippen molar-refractivity contribution < 1.29 is 9.18 Å². The van der Waals surface area contributed by atoms with Crippen LogP contribution in [0.1, 0.15) is 15.9 Å². The van der Waals surface area contributed by atoms with Gasteiger partial charge in [0.2, 0.25) is 5.95 Å². The predicted octanol–water partition coefficient (Wildman–Crippen LogP) is 2.31. The molecule has 1 aromatic carbocycles. The number of benzene rings is 1. The largest absolute Gasteiger partial charge is 0.307 e. The Morgan fingerprint density at radius 3 is 2.86 bits per heavy atom. The lowest BCUT2D eigenvalue weighted by Crippen LogP contribution is -2.35. The normalized spacial score (nSPS) is 15.4. The van der Waals surface area contributed by atoms with E-state index in [1.54, 1.807) is 11.0 Å². The Morgan fingerprint density at radius 2 is 2.05 bits per heavy atom. The van der Waals surface area contributed by atoms with E-state index in [1.807, 2.05) is 31.3 Å².